The molecular formula is C16H21N3O4S. The van der Waals surface area contributed by atoms with E-state index in [0.717, 1.165) is 25.7 Å². The molecule has 2 aliphatic rings. The first-order valence-corrected chi connectivity index (χ1v) is 9.92. The Morgan fingerprint density at radius 2 is 1.96 bits per heavy atom. The lowest BCUT2D eigenvalue weighted by Crippen LogP contribution is -2.38. The van der Waals surface area contributed by atoms with Gasteiger partial charge in [-0.2, -0.15) is 4.31 Å². The minimum Gasteiger partial charge on any atom is -0.438 e. The molecule has 4 rings (SSSR count). The predicted molar refractivity (Wildman–Crippen MR) is 85.7 cm³/mol. The van der Waals surface area contributed by atoms with E-state index in [0.29, 0.717) is 36.6 Å². The molecule has 2 aromatic rings. The zero-order valence-electron chi connectivity index (χ0n) is 13.6. The van der Waals surface area contributed by atoms with Crippen molar-refractivity contribution in [2.75, 3.05) is 13.1 Å². The predicted octanol–water partition coefficient (Wildman–Crippen LogP) is 3.02. The molecule has 0 spiro atoms. The van der Waals surface area contributed by atoms with Gasteiger partial charge in [0.25, 0.3) is 15.9 Å². The highest BCUT2D eigenvalue weighted by Crippen LogP contribution is 2.37. The van der Waals surface area contributed by atoms with Crippen LogP contribution in [0.1, 0.15) is 50.8 Å². The van der Waals surface area contributed by atoms with Gasteiger partial charge < -0.3 is 8.83 Å². The van der Waals surface area contributed by atoms with Crippen molar-refractivity contribution in [3.05, 3.63) is 18.0 Å². The number of furan rings is 1. The summed E-state index contributed by atoms with van der Waals surface area (Å²) in [6.07, 6.45) is 5.24. The summed E-state index contributed by atoms with van der Waals surface area (Å²) in [7, 11) is -3.61. The van der Waals surface area contributed by atoms with Crippen LogP contribution >= 0.6 is 0 Å². The molecule has 0 bridgehead atoms. The Kier molecular flexibility index (Phi) is 3.96. The molecule has 1 saturated heterocycles. The third-order valence-corrected chi connectivity index (χ3v) is 6.64. The Bertz CT molecular complexity index is 822. The highest BCUT2D eigenvalue weighted by Gasteiger charge is 2.32. The first kappa shape index (κ1) is 15.8. The SMILES string of the molecule is CC1CCCN(S(=O)(=O)c2ccc(-c3nnc(C4CCC4)o3)o2)C1. The third kappa shape index (κ3) is 2.77. The fourth-order valence-corrected chi connectivity index (χ4v) is 4.73. The molecule has 2 aromatic heterocycles. The zero-order chi connectivity index (χ0) is 16.7. The maximum atomic E-state index is 12.7. The fraction of sp³-hybridized carbons (Fsp3) is 0.625. The summed E-state index contributed by atoms with van der Waals surface area (Å²) in [6, 6.07) is 3.05. The van der Waals surface area contributed by atoms with Gasteiger partial charge in [0, 0.05) is 19.0 Å². The summed E-state index contributed by atoms with van der Waals surface area (Å²) in [4.78, 5) is 0. The van der Waals surface area contributed by atoms with Crippen LogP contribution in [0, 0.1) is 5.92 Å². The van der Waals surface area contributed by atoms with Crippen LogP contribution in [-0.2, 0) is 10.0 Å². The van der Waals surface area contributed by atoms with E-state index in [2.05, 4.69) is 17.1 Å². The van der Waals surface area contributed by atoms with Gasteiger partial charge >= 0.3 is 0 Å². The Morgan fingerprint density at radius 1 is 1.12 bits per heavy atom. The van der Waals surface area contributed by atoms with Gasteiger partial charge in [0.15, 0.2) is 5.76 Å². The number of piperidine rings is 1. The van der Waals surface area contributed by atoms with Crippen LogP contribution in [0.4, 0.5) is 0 Å². The van der Waals surface area contributed by atoms with Gasteiger partial charge in [-0.15, -0.1) is 10.2 Å². The first-order valence-electron chi connectivity index (χ1n) is 8.48. The number of rotatable bonds is 4. The van der Waals surface area contributed by atoms with Crippen molar-refractivity contribution in [2.24, 2.45) is 5.92 Å². The maximum Gasteiger partial charge on any atom is 0.283 e. The van der Waals surface area contributed by atoms with Crippen LogP contribution in [0.2, 0.25) is 0 Å². The van der Waals surface area contributed by atoms with Crippen LogP contribution in [0.5, 0.6) is 0 Å². The monoisotopic (exact) mass is 351 g/mol. The molecule has 0 N–H and O–H groups in total. The highest BCUT2D eigenvalue weighted by atomic mass is 32.2. The Hall–Kier alpha value is -1.67. The van der Waals surface area contributed by atoms with E-state index < -0.39 is 10.0 Å². The zero-order valence-corrected chi connectivity index (χ0v) is 14.5. The molecule has 2 fully saturated rings. The van der Waals surface area contributed by atoms with Gasteiger partial charge in [-0.05, 0) is 43.7 Å². The maximum absolute atomic E-state index is 12.7. The van der Waals surface area contributed by atoms with Crippen molar-refractivity contribution < 1.29 is 17.3 Å². The number of nitrogens with zero attached hydrogens (tertiary/aromatic N) is 3. The topological polar surface area (TPSA) is 89.4 Å². The molecule has 0 radical (unpaired) electrons. The molecule has 1 atom stereocenters. The minimum absolute atomic E-state index is 0.0602. The highest BCUT2D eigenvalue weighted by molar-refractivity contribution is 7.89. The van der Waals surface area contributed by atoms with Crippen molar-refractivity contribution >= 4 is 10.0 Å². The van der Waals surface area contributed by atoms with Crippen LogP contribution in [0.25, 0.3) is 11.7 Å². The van der Waals surface area contributed by atoms with Crippen molar-refractivity contribution in [3.8, 4) is 11.7 Å². The average Bonchev–Trinajstić information content (AvgIpc) is 3.14. The molecule has 130 valence electrons. The summed E-state index contributed by atoms with van der Waals surface area (Å²) < 4.78 is 38.1. The summed E-state index contributed by atoms with van der Waals surface area (Å²) >= 11 is 0. The van der Waals surface area contributed by atoms with Gasteiger partial charge in [-0.1, -0.05) is 13.3 Å². The van der Waals surface area contributed by atoms with E-state index in [1.54, 1.807) is 6.07 Å². The molecule has 1 saturated carbocycles. The molecule has 1 unspecified atom stereocenters. The fourth-order valence-electron chi connectivity index (χ4n) is 3.22. The first-order chi connectivity index (χ1) is 11.5. The van der Waals surface area contributed by atoms with E-state index in [1.807, 2.05) is 0 Å². The Morgan fingerprint density at radius 3 is 2.67 bits per heavy atom. The lowest BCUT2D eigenvalue weighted by atomic mass is 9.85. The lowest BCUT2D eigenvalue weighted by molar-refractivity contribution is 0.274. The van der Waals surface area contributed by atoms with Gasteiger partial charge in [0.1, 0.15) is 0 Å². The minimum atomic E-state index is -3.61. The molecule has 1 aliphatic carbocycles. The Labute approximate surface area is 141 Å². The van der Waals surface area contributed by atoms with Gasteiger partial charge in [-0.25, -0.2) is 8.42 Å². The van der Waals surface area contributed by atoms with Crippen molar-refractivity contribution in [2.45, 2.75) is 50.0 Å². The van der Waals surface area contributed by atoms with Crippen molar-refractivity contribution in [3.63, 3.8) is 0 Å². The summed E-state index contributed by atoms with van der Waals surface area (Å²) in [5.74, 6) is 1.85. The molecule has 24 heavy (non-hydrogen) atoms. The molecule has 8 heteroatoms. The summed E-state index contributed by atoms with van der Waals surface area (Å²) in [5.41, 5.74) is 0. The van der Waals surface area contributed by atoms with E-state index >= 15 is 0 Å². The second-order valence-electron chi connectivity index (χ2n) is 6.80. The molecule has 3 heterocycles. The molecule has 0 aromatic carbocycles. The summed E-state index contributed by atoms with van der Waals surface area (Å²) in [5, 5.41) is 7.98. The second kappa shape index (κ2) is 6.00. The van der Waals surface area contributed by atoms with E-state index in [9.17, 15) is 8.42 Å². The summed E-state index contributed by atoms with van der Waals surface area (Å²) in [6.45, 7) is 3.13. The number of sulfonamides is 1. The van der Waals surface area contributed by atoms with Gasteiger partial charge in [0.2, 0.25) is 11.0 Å². The number of hydrogen-bond acceptors (Lipinski definition) is 6. The van der Waals surface area contributed by atoms with Crippen LogP contribution < -0.4 is 0 Å². The van der Waals surface area contributed by atoms with Gasteiger partial charge in [-0.3, -0.25) is 0 Å². The van der Waals surface area contributed by atoms with Crippen LogP contribution in [0.15, 0.2) is 26.1 Å². The van der Waals surface area contributed by atoms with Gasteiger partial charge in [0.05, 0.1) is 0 Å². The van der Waals surface area contributed by atoms with Crippen LogP contribution in [0.3, 0.4) is 0 Å². The molecule has 7 nitrogen and oxygen atoms in total. The van der Waals surface area contributed by atoms with Crippen LogP contribution in [-0.4, -0.2) is 36.0 Å². The average molecular weight is 351 g/mol. The largest absolute Gasteiger partial charge is 0.438 e. The third-order valence-electron chi connectivity index (χ3n) is 4.90. The Balaban J connectivity index is 1.56. The number of hydrogen-bond donors (Lipinski definition) is 0. The van der Waals surface area contributed by atoms with Crippen molar-refractivity contribution in [1.82, 2.24) is 14.5 Å². The smallest absolute Gasteiger partial charge is 0.283 e. The normalized spacial score (nSPS) is 23.3. The quantitative estimate of drug-likeness (QED) is 0.841. The molecule has 0 amide bonds. The molecular weight excluding hydrogens is 330 g/mol. The lowest BCUT2D eigenvalue weighted by Gasteiger charge is -2.29. The van der Waals surface area contributed by atoms with Crippen molar-refractivity contribution in [1.29, 1.82) is 0 Å². The standard InChI is InChI=1S/C16H21N3O4S/c1-11-4-3-9-19(10-11)24(20,21)14-8-7-13(22-14)16-18-17-15(23-16)12-5-2-6-12/h7-8,11-12H,2-6,9-10H2,1H3. The van der Waals surface area contributed by atoms with E-state index in [-0.39, 0.29) is 11.0 Å². The number of aromatic nitrogens is 2. The van der Waals surface area contributed by atoms with E-state index in [1.165, 1.54) is 16.8 Å². The second-order valence-corrected chi connectivity index (χ2v) is 8.67. The van der Waals surface area contributed by atoms with E-state index in [4.69, 9.17) is 8.83 Å². The molecule has 1 aliphatic heterocycles.